The van der Waals surface area contributed by atoms with Crippen molar-refractivity contribution >= 4 is 22.8 Å². The molecule has 0 saturated carbocycles. The lowest BCUT2D eigenvalue weighted by atomic mass is 10.1. The number of hydrogen-bond donors (Lipinski definition) is 3. The first-order valence-electron chi connectivity index (χ1n) is 10.2. The lowest BCUT2D eigenvalue weighted by molar-refractivity contribution is -0.125. The minimum absolute atomic E-state index is 0.119. The number of aromatic nitrogens is 2. The molecular weight excluding hydrogens is 439 g/mol. The van der Waals surface area contributed by atoms with Gasteiger partial charge in [0.25, 0.3) is 0 Å². The number of ether oxygens (including phenoxy) is 2. The van der Waals surface area contributed by atoms with Crippen molar-refractivity contribution in [2.75, 3.05) is 25.1 Å². The molecule has 172 valence electrons. The summed E-state index contributed by atoms with van der Waals surface area (Å²) < 4.78 is 53.6. The van der Waals surface area contributed by atoms with Crippen LogP contribution >= 0.6 is 0 Å². The summed E-state index contributed by atoms with van der Waals surface area (Å²) in [7, 11) is 0. The fourth-order valence-corrected chi connectivity index (χ4v) is 3.41. The van der Waals surface area contributed by atoms with Gasteiger partial charge in [-0.15, -0.1) is 0 Å². The Labute approximate surface area is 186 Å². The number of H-pyrrole nitrogens is 1. The lowest BCUT2D eigenvalue weighted by Crippen LogP contribution is -2.54. The number of carbonyl (C=O) groups is 1. The first-order chi connectivity index (χ1) is 15.9. The van der Waals surface area contributed by atoms with Crippen molar-refractivity contribution in [3.05, 3.63) is 47.8 Å². The summed E-state index contributed by atoms with van der Waals surface area (Å²) in [6.07, 6.45) is 4.70. The molecule has 3 aromatic rings. The van der Waals surface area contributed by atoms with E-state index in [1.54, 1.807) is 6.20 Å². The number of alkyl halides is 1. The quantitative estimate of drug-likeness (QED) is 0.434. The summed E-state index contributed by atoms with van der Waals surface area (Å²) in [5.41, 5.74) is -0.502. The number of hydrogen-bond acceptors (Lipinski definition) is 5. The van der Waals surface area contributed by atoms with Crippen LogP contribution in [-0.2, 0) is 11.2 Å². The first-order valence-corrected chi connectivity index (χ1v) is 10.2. The van der Waals surface area contributed by atoms with Crippen molar-refractivity contribution in [1.82, 2.24) is 15.3 Å². The van der Waals surface area contributed by atoms with Gasteiger partial charge in [0.1, 0.15) is 11.4 Å². The molecule has 0 unspecified atom stereocenters. The van der Waals surface area contributed by atoms with Gasteiger partial charge < -0.3 is 25.1 Å². The number of rotatable bonds is 8. The standard InChI is InChI=1S/C22H20F3N5O3/c23-15-7-14(30-21(31)29-10-22(25)11-32-12-22)8-16(24)19(15)33-17-4-6-27-20-18(17)13(9-28-20)3-1-2-5-26/h4,6-9H,1-3,10-12H2,(H,27,28)(H2,29,30,31). The van der Waals surface area contributed by atoms with Gasteiger partial charge in [-0.2, -0.15) is 5.26 Å². The van der Waals surface area contributed by atoms with Crippen LogP contribution in [0.3, 0.4) is 0 Å². The zero-order valence-electron chi connectivity index (χ0n) is 17.4. The van der Waals surface area contributed by atoms with Crippen molar-refractivity contribution < 1.29 is 27.4 Å². The van der Waals surface area contributed by atoms with Gasteiger partial charge in [-0.05, 0) is 24.5 Å². The normalized spacial score (nSPS) is 14.4. The van der Waals surface area contributed by atoms with Gasteiger partial charge in [0.05, 0.1) is 31.2 Å². The average molecular weight is 459 g/mol. The van der Waals surface area contributed by atoms with Gasteiger partial charge in [0, 0.05) is 36.6 Å². The Morgan fingerprint density at radius 1 is 1.33 bits per heavy atom. The van der Waals surface area contributed by atoms with Crippen LogP contribution in [-0.4, -0.2) is 41.4 Å². The van der Waals surface area contributed by atoms with Crippen molar-refractivity contribution in [2.45, 2.75) is 24.9 Å². The number of anilines is 1. The predicted octanol–water partition coefficient (Wildman–Crippen LogP) is 4.34. The third-order valence-corrected chi connectivity index (χ3v) is 5.11. The molecule has 0 bridgehead atoms. The Bertz CT molecular complexity index is 1200. The number of fused-ring (bicyclic) bond motifs is 1. The maximum atomic E-state index is 14.7. The summed E-state index contributed by atoms with van der Waals surface area (Å²) >= 11 is 0. The molecule has 3 heterocycles. The largest absolute Gasteiger partial charge is 0.450 e. The van der Waals surface area contributed by atoms with E-state index in [1.807, 2.05) is 0 Å². The summed E-state index contributed by atoms with van der Waals surface area (Å²) in [6, 6.07) is 4.55. The molecule has 3 N–H and O–H groups in total. The van der Waals surface area contributed by atoms with Crippen LogP contribution in [0, 0.1) is 23.0 Å². The molecule has 0 atom stereocenters. The maximum absolute atomic E-state index is 14.7. The second-order valence-electron chi connectivity index (χ2n) is 7.68. The smallest absolute Gasteiger partial charge is 0.319 e. The molecule has 1 aliphatic heterocycles. The Kier molecular flexibility index (Phi) is 6.37. The molecule has 1 fully saturated rings. The van der Waals surface area contributed by atoms with Crippen LogP contribution in [0.1, 0.15) is 18.4 Å². The zero-order chi connectivity index (χ0) is 23.4. The van der Waals surface area contributed by atoms with Gasteiger partial charge in [0.2, 0.25) is 0 Å². The molecule has 4 rings (SSSR count). The van der Waals surface area contributed by atoms with E-state index in [4.69, 9.17) is 14.7 Å². The van der Waals surface area contributed by atoms with Gasteiger partial charge in [-0.25, -0.2) is 22.9 Å². The minimum Gasteiger partial charge on any atom is -0.450 e. The maximum Gasteiger partial charge on any atom is 0.319 e. The number of benzene rings is 1. The number of unbranched alkanes of at least 4 members (excludes halogenated alkanes) is 1. The molecule has 33 heavy (non-hydrogen) atoms. The molecule has 0 radical (unpaired) electrons. The summed E-state index contributed by atoms with van der Waals surface area (Å²) in [4.78, 5) is 19.1. The van der Waals surface area contributed by atoms with Crippen molar-refractivity contribution in [2.24, 2.45) is 0 Å². The summed E-state index contributed by atoms with van der Waals surface area (Å²) in [5, 5.41) is 13.9. The second-order valence-corrected chi connectivity index (χ2v) is 7.68. The second kappa shape index (κ2) is 9.38. The SMILES string of the molecule is N#CCCCc1c[nH]c2nccc(Oc3c(F)cc(NC(=O)NCC4(F)COC4)cc3F)c12. The third kappa shape index (κ3) is 5.01. The highest BCUT2D eigenvalue weighted by Gasteiger charge is 2.39. The van der Waals surface area contributed by atoms with Gasteiger partial charge in [-0.3, -0.25) is 0 Å². The summed E-state index contributed by atoms with van der Waals surface area (Å²) in [5.74, 6) is -2.52. The molecule has 2 amide bonds. The number of pyridine rings is 1. The van der Waals surface area contributed by atoms with Crippen LogP contribution in [0.5, 0.6) is 11.5 Å². The van der Waals surface area contributed by atoms with Crippen LogP contribution in [0.2, 0.25) is 0 Å². The van der Waals surface area contributed by atoms with E-state index in [2.05, 4.69) is 26.7 Å². The highest BCUT2D eigenvalue weighted by atomic mass is 19.1. The number of nitrogens with zero attached hydrogens (tertiary/aromatic N) is 2. The van der Waals surface area contributed by atoms with Crippen LogP contribution < -0.4 is 15.4 Å². The number of nitrogens with one attached hydrogen (secondary N) is 3. The Morgan fingerprint density at radius 2 is 2.09 bits per heavy atom. The monoisotopic (exact) mass is 459 g/mol. The van der Waals surface area contributed by atoms with E-state index in [1.165, 1.54) is 12.3 Å². The number of aryl methyl sites for hydroxylation is 1. The number of nitriles is 1. The fourth-order valence-electron chi connectivity index (χ4n) is 3.41. The highest BCUT2D eigenvalue weighted by molar-refractivity contribution is 5.89. The first kappa shape index (κ1) is 22.4. The summed E-state index contributed by atoms with van der Waals surface area (Å²) in [6.45, 7) is -0.519. The van der Waals surface area contributed by atoms with Crippen molar-refractivity contribution in [3.8, 4) is 17.6 Å². The Hall–Kier alpha value is -3.78. The van der Waals surface area contributed by atoms with E-state index >= 15 is 0 Å². The van der Waals surface area contributed by atoms with Crippen LogP contribution in [0.15, 0.2) is 30.6 Å². The van der Waals surface area contributed by atoms with E-state index in [0.717, 1.165) is 17.7 Å². The molecule has 2 aromatic heterocycles. The number of carbonyl (C=O) groups excluding carboxylic acids is 1. The van der Waals surface area contributed by atoms with Gasteiger partial charge in [-0.1, -0.05) is 0 Å². The fraction of sp³-hybridized carbons (Fsp3) is 0.318. The molecular formula is C22H20F3N5O3. The molecule has 1 aliphatic rings. The van der Waals surface area contributed by atoms with Crippen molar-refractivity contribution in [1.29, 1.82) is 5.26 Å². The van der Waals surface area contributed by atoms with Gasteiger partial charge in [0.15, 0.2) is 23.1 Å². The minimum atomic E-state index is -1.63. The van der Waals surface area contributed by atoms with Gasteiger partial charge >= 0.3 is 6.03 Å². The molecule has 8 nitrogen and oxygen atoms in total. The van der Waals surface area contributed by atoms with Crippen LogP contribution in [0.25, 0.3) is 11.0 Å². The van der Waals surface area contributed by atoms with E-state index in [0.29, 0.717) is 30.3 Å². The Morgan fingerprint density at radius 3 is 2.76 bits per heavy atom. The lowest BCUT2D eigenvalue weighted by Gasteiger charge is -2.33. The van der Waals surface area contributed by atoms with Crippen LogP contribution in [0.4, 0.5) is 23.7 Å². The number of halogens is 3. The molecule has 1 aromatic carbocycles. The number of aromatic amines is 1. The Balaban J connectivity index is 1.50. The molecule has 11 heteroatoms. The third-order valence-electron chi connectivity index (χ3n) is 5.11. The molecule has 1 saturated heterocycles. The predicted molar refractivity (Wildman–Crippen MR) is 113 cm³/mol. The average Bonchev–Trinajstić information content (AvgIpc) is 3.18. The van der Waals surface area contributed by atoms with Crippen molar-refractivity contribution in [3.63, 3.8) is 0 Å². The van der Waals surface area contributed by atoms with E-state index < -0.39 is 29.1 Å². The van der Waals surface area contributed by atoms with E-state index in [-0.39, 0.29) is 31.2 Å². The highest BCUT2D eigenvalue weighted by Crippen LogP contribution is 2.35. The topological polar surface area (TPSA) is 112 Å². The molecule has 0 spiro atoms. The molecule has 0 aliphatic carbocycles. The zero-order valence-corrected chi connectivity index (χ0v) is 17.4. The number of urea groups is 1. The van der Waals surface area contributed by atoms with E-state index in [9.17, 15) is 18.0 Å². The number of amides is 2.